The molecule has 1 saturated heterocycles. The van der Waals surface area contributed by atoms with Gasteiger partial charge in [0.2, 0.25) is 0 Å². The summed E-state index contributed by atoms with van der Waals surface area (Å²) >= 11 is 1.77. The molecule has 1 aromatic carbocycles. The molecule has 1 amide bonds. The highest BCUT2D eigenvalue weighted by molar-refractivity contribution is 7.98. The Morgan fingerprint density at radius 3 is 2.62 bits per heavy atom. The Balaban J connectivity index is 1.54. The molecule has 0 unspecified atom stereocenters. The van der Waals surface area contributed by atoms with Crippen molar-refractivity contribution < 1.29 is 14.3 Å². The van der Waals surface area contributed by atoms with Crippen molar-refractivity contribution in [2.24, 2.45) is 0 Å². The summed E-state index contributed by atoms with van der Waals surface area (Å²) in [4.78, 5) is 14.4. The number of hydrogen-bond acceptors (Lipinski definition) is 5. The van der Waals surface area contributed by atoms with Crippen LogP contribution in [0.25, 0.3) is 0 Å². The SMILES string of the molecule is CCOC(=O)N1CCC[C@H](NCSC)[C@@H]1COC1CCC(c2ccccc2)CC1. The molecular weight excluding hydrogens is 384 g/mol. The molecule has 29 heavy (non-hydrogen) atoms. The molecule has 1 aromatic rings. The summed E-state index contributed by atoms with van der Waals surface area (Å²) in [5, 5.41) is 3.60. The number of carbonyl (C=O) groups is 1. The molecule has 2 aliphatic rings. The molecule has 5 nitrogen and oxygen atoms in total. The van der Waals surface area contributed by atoms with Crippen LogP contribution in [0.5, 0.6) is 0 Å². The largest absolute Gasteiger partial charge is 0.450 e. The van der Waals surface area contributed by atoms with Crippen molar-refractivity contribution >= 4 is 17.9 Å². The fourth-order valence-electron chi connectivity index (χ4n) is 4.65. The maximum absolute atomic E-state index is 12.5. The van der Waals surface area contributed by atoms with Gasteiger partial charge in [-0.1, -0.05) is 30.3 Å². The first kappa shape index (κ1) is 22.4. The number of benzene rings is 1. The number of amides is 1. The van der Waals surface area contributed by atoms with Gasteiger partial charge in [-0.25, -0.2) is 4.79 Å². The van der Waals surface area contributed by atoms with Gasteiger partial charge >= 0.3 is 6.09 Å². The predicted molar refractivity (Wildman–Crippen MR) is 119 cm³/mol. The smallest absolute Gasteiger partial charge is 0.410 e. The van der Waals surface area contributed by atoms with Gasteiger partial charge in [0.1, 0.15) is 0 Å². The van der Waals surface area contributed by atoms with Crippen molar-refractivity contribution in [3.8, 4) is 0 Å². The number of thioether (sulfide) groups is 1. The third kappa shape index (κ3) is 6.37. The molecule has 2 atom stereocenters. The Morgan fingerprint density at radius 1 is 1.17 bits per heavy atom. The molecule has 0 radical (unpaired) electrons. The number of nitrogens with zero attached hydrogens (tertiary/aromatic N) is 1. The maximum atomic E-state index is 12.5. The van der Waals surface area contributed by atoms with Crippen molar-refractivity contribution in [3.63, 3.8) is 0 Å². The molecule has 1 N–H and O–H groups in total. The van der Waals surface area contributed by atoms with E-state index in [-0.39, 0.29) is 18.2 Å². The van der Waals surface area contributed by atoms with Gasteiger partial charge in [-0.2, -0.15) is 0 Å². The third-order valence-corrected chi connectivity index (χ3v) is 6.67. The molecular formula is C23H36N2O3S. The van der Waals surface area contributed by atoms with Gasteiger partial charge in [0, 0.05) is 18.5 Å². The van der Waals surface area contributed by atoms with Crippen molar-refractivity contribution in [2.75, 3.05) is 31.9 Å². The minimum Gasteiger partial charge on any atom is -0.450 e. The summed E-state index contributed by atoms with van der Waals surface area (Å²) in [6.07, 6.45) is 8.80. The van der Waals surface area contributed by atoms with Gasteiger partial charge in [-0.3, -0.25) is 0 Å². The second-order valence-corrected chi connectivity index (χ2v) is 8.93. The van der Waals surface area contributed by atoms with Crippen LogP contribution in [0.3, 0.4) is 0 Å². The molecule has 6 heteroatoms. The zero-order valence-electron chi connectivity index (χ0n) is 17.8. The predicted octanol–water partition coefficient (Wildman–Crippen LogP) is 4.63. The Morgan fingerprint density at radius 2 is 1.93 bits per heavy atom. The van der Waals surface area contributed by atoms with E-state index in [2.05, 4.69) is 41.9 Å². The Bertz CT molecular complexity index is 607. The quantitative estimate of drug-likeness (QED) is 0.622. The second-order valence-electron chi connectivity index (χ2n) is 8.06. The maximum Gasteiger partial charge on any atom is 0.410 e. The van der Waals surface area contributed by atoms with Crippen LogP contribution in [-0.4, -0.2) is 61.1 Å². The minimum atomic E-state index is -0.204. The summed E-state index contributed by atoms with van der Waals surface area (Å²) in [5.41, 5.74) is 1.45. The van der Waals surface area contributed by atoms with E-state index in [0.29, 0.717) is 25.2 Å². The lowest BCUT2D eigenvalue weighted by molar-refractivity contribution is -0.0278. The number of nitrogens with one attached hydrogen (secondary N) is 1. The molecule has 0 spiro atoms. The highest BCUT2D eigenvalue weighted by Gasteiger charge is 2.36. The molecule has 2 fully saturated rings. The average Bonchev–Trinajstić information content (AvgIpc) is 2.77. The highest BCUT2D eigenvalue weighted by atomic mass is 32.2. The zero-order chi connectivity index (χ0) is 20.5. The Kier molecular flexibility index (Phi) is 9.15. The van der Waals surface area contributed by atoms with Crippen molar-refractivity contribution in [2.45, 2.75) is 69.6 Å². The number of hydrogen-bond donors (Lipinski definition) is 1. The zero-order valence-corrected chi connectivity index (χ0v) is 18.7. The van der Waals surface area contributed by atoms with Crippen LogP contribution >= 0.6 is 11.8 Å². The van der Waals surface area contributed by atoms with Crippen LogP contribution in [0.2, 0.25) is 0 Å². The summed E-state index contributed by atoms with van der Waals surface area (Å²) < 4.78 is 11.7. The van der Waals surface area contributed by atoms with Crippen LogP contribution in [0.4, 0.5) is 4.79 Å². The lowest BCUT2D eigenvalue weighted by atomic mass is 9.83. The van der Waals surface area contributed by atoms with E-state index >= 15 is 0 Å². The van der Waals surface area contributed by atoms with Gasteiger partial charge in [0.15, 0.2) is 0 Å². The summed E-state index contributed by atoms with van der Waals surface area (Å²) in [6.45, 7) is 3.62. The van der Waals surface area contributed by atoms with Gasteiger partial charge < -0.3 is 19.7 Å². The molecule has 162 valence electrons. The first-order valence-electron chi connectivity index (χ1n) is 11.0. The van der Waals surface area contributed by atoms with E-state index < -0.39 is 0 Å². The normalized spacial score (nSPS) is 27.6. The molecule has 1 aliphatic carbocycles. The molecule has 0 bridgehead atoms. The minimum absolute atomic E-state index is 0.0433. The first-order chi connectivity index (χ1) is 14.2. The van der Waals surface area contributed by atoms with E-state index in [4.69, 9.17) is 9.47 Å². The van der Waals surface area contributed by atoms with Gasteiger partial charge in [0.25, 0.3) is 0 Å². The molecule has 3 rings (SSSR count). The number of carbonyl (C=O) groups excluding carboxylic acids is 1. The topological polar surface area (TPSA) is 50.8 Å². The van der Waals surface area contributed by atoms with Crippen molar-refractivity contribution in [1.29, 1.82) is 0 Å². The molecule has 1 aliphatic heterocycles. The standard InChI is InChI=1S/C23H36N2O3S/c1-3-27-23(26)25-15-7-10-21(24-17-29-2)22(25)16-28-20-13-11-19(12-14-20)18-8-5-4-6-9-18/h4-6,8-9,19-22,24H,3,7,10-17H2,1-2H3/t19?,20?,21-,22-/m0/s1. The van der Waals surface area contributed by atoms with Crippen LogP contribution in [-0.2, 0) is 9.47 Å². The van der Waals surface area contributed by atoms with Crippen LogP contribution in [0.15, 0.2) is 30.3 Å². The fraction of sp³-hybridized carbons (Fsp3) is 0.696. The van der Waals surface area contributed by atoms with Crippen molar-refractivity contribution in [3.05, 3.63) is 35.9 Å². The van der Waals surface area contributed by atoms with Gasteiger partial charge in [-0.15, -0.1) is 11.8 Å². The molecule has 1 saturated carbocycles. The number of rotatable bonds is 8. The van der Waals surface area contributed by atoms with Crippen molar-refractivity contribution in [1.82, 2.24) is 10.2 Å². The van der Waals surface area contributed by atoms with E-state index in [1.165, 1.54) is 18.4 Å². The molecule has 1 heterocycles. The summed E-state index contributed by atoms with van der Waals surface area (Å²) in [7, 11) is 0. The first-order valence-corrected chi connectivity index (χ1v) is 12.4. The summed E-state index contributed by atoms with van der Waals surface area (Å²) in [6, 6.07) is 11.1. The van der Waals surface area contributed by atoms with Crippen LogP contribution < -0.4 is 5.32 Å². The monoisotopic (exact) mass is 420 g/mol. The summed E-state index contributed by atoms with van der Waals surface area (Å²) in [5.74, 6) is 1.54. The number of ether oxygens (including phenoxy) is 2. The number of likely N-dealkylation sites (tertiary alicyclic amines) is 1. The lowest BCUT2D eigenvalue weighted by Gasteiger charge is -2.41. The van der Waals surface area contributed by atoms with E-state index in [0.717, 1.165) is 38.1 Å². The fourth-order valence-corrected chi connectivity index (χ4v) is 5.03. The lowest BCUT2D eigenvalue weighted by Crippen LogP contribution is -2.58. The second kappa shape index (κ2) is 11.8. The van der Waals surface area contributed by atoms with Crippen LogP contribution in [0.1, 0.15) is 56.9 Å². The van der Waals surface area contributed by atoms with Gasteiger partial charge in [-0.05, 0) is 63.2 Å². The Labute approximate surface area is 179 Å². The average molecular weight is 421 g/mol. The number of piperidine rings is 1. The van der Waals surface area contributed by atoms with E-state index in [9.17, 15) is 4.79 Å². The van der Waals surface area contributed by atoms with E-state index in [1.807, 2.05) is 11.8 Å². The molecule has 0 aromatic heterocycles. The van der Waals surface area contributed by atoms with Crippen LogP contribution in [0, 0.1) is 0 Å². The highest BCUT2D eigenvalue weighted by Crippen LogP contribution is 2.34. The third-order valence-electron chi connectivity index (χ3n) is 6.22. The van der Waals surface area contributed by atoms with Gasteiger partial charge in [0.05, 0.1) is 25.4 Å². The Hall–Kier alpha value is -1.24. The van der Waals surface area contributed by atoms with E-state index in [1.54, 1.807) is 11.8 Å².